The second-order valence-corrected chi connectivity index (χ2v) is 5.13. The van der Waals surface area contributed by atoms with E-state index >= 15 is 0 Å². The zero-order valence-electron chi connectivity index (χ0n) is 12.4. The van der Waals surface area contributed by atoms with E-state index < -0.39 is 5.82 Å². The van der Waals surface area contributed by atoms with Crippen LogP contribution in [0.15, 0.2) is 24.3 Å². The van der Waals surface area contributed by atoms with Crippen molar-refractivity contribution in [3.63, 3.8) is 0 Å². The van der Waals surface area contributed by atoms with Crippen LogP contribution < -0.4 is 11.1 Å². The number of nitrogens with two attached hydrogens (primary N) is 1. The Morgan fingerprint density at radius 2 is 2.14 bits per heavy atom. The average molecular weight is 290 g/mol. The molecule has 2 aromatic rings. The van der Waals surface area contributed by atoms with Gasteiger partial charge in [-0.05, 0) is 38.1 Å². The SMILES string of the molecule is Cc1cc(C)n(-c2ccc(NC(=O)C(C)CN)cc2F)n1. The number of hydrogen-bond acceptors (Lipinski definition) is 3. The number of aromatic nitrogens is 2. The van der Waals surface area contributed by atoms with Crippen molar-refractivity contribution in [1.29, 1.82) is 0 Å². The highest BCUT2D eigenvalue weighted by Crippen LogP contribution is 2.20. The van der Waals surface area contributed by atoms with Gasteiger partial charge in [-0.25, -0.2) is 9.07 Å². The maximum absolute atomic E-state index is 14.2. The molecule has 1 unspecified atom stereocenters. The summed E-state index contributed by atoms with van der Waals surface area (Å²) in [5.41, 5.74) is 7.85. The van der Waals surface area contributed by atoms with Crippen molar-refractivity contribution in [1.82, 2.24) is 9.78 Å². The molecule has 1 aromatic carbocycles. The molecule has 0 aliphatic heterocycles. The van der Waals surface area contributed by atoms with Crippen LogP contribution in [0, 0.1) is 25.6 Å². The summed E-state index contributed by atoms with van der Waals surface area (Å²) < 4.78 is 15.8. The van der Waals surface area contributed by atoms with E-state index in [0.29, 0.717) is 11.4 Å². The first-order chi connectivity index (χ1) is 9.92. The monoisotopic (exact) mass is 290 g/mol. The molecule has 0 aliphatic carbocycles. The predicted molar refractivity (Wildman–Crippen MR) is 79.8 cm³/mol. The minimum atomic E-state index is -0.445. The van der Waals surface area contributed by atoms with Crippen molar-refractivity contribution in [2.24, 2.45) is 11.7 Å². The first kappa shape index (κ1) is 15.2. The molecule has 5 nitrogen and oxygen atoms in total. The molecule has 21 heavy (non-hydrogen) atoms. The molecule has 1 atom stereocenters. The lowest BCUT2D eigenvalue weighted by Gasteiger charge is -2.11. The molecular formula is C15H19FN4O. The van der Waals surface area contributed by atoms with Crippen LogP contribution in [0.3, 0.4) is 0 Å². The quantitative estimate of drug-likeness (QED) is 0.906. The Balaban J connectivity index is 2.26. The van der Waals surface area contributed by atoms with Crippen molar-refractivity contribution in [2.75, 3.05) is 11.9 Å². The van der Waals surface area contributed by atoms with Gasteiger partial charge in [0.2, 0.25) is 5.91 Å². The molecule has 0 radical (unpaired) electrons. The number of amides is 1. The van der Waals surface area contributed by atoms with E-state index in [2.05, 4.69) is 10.4 Å². The highest BCUT2D eigenvalue weighted by Gasteiger charge is 2.13. The van der Waals surface area contributed by atoms with Gasteiger partial charge in [0.1, 0.15) is 5.69 Å². The molecule has 112 valence electrons. The number of nitrogens with one attached hydrogen (secondary N) is 1. The van der Waals surface area contributed by atoms with Crippen LogP contribution in [0.4, 0.5) is 10.1 Å². The number of halogens is 1. The van der Waals surface area contributed by atoms with E-state index in [0.717, 1.165) is 11.4 Å². The minimum Gasteiger partial charge on any atom is -0.330 e. The van der Waals surface area contributed by atoms with Gasteiger partial charge in [-0.2, -0.15) is 5.10 Å². The largest absolute Gasteiger partial charge is 0.330 e. The van der Waals surface area contributed by atoms with E-state index in [-0.39, 0.29) is 18.4 Å². The lowest BCUT2D eigenvalue weighted by Crippen LogP contribution is -2.26. The van der Waals surface area contributed by atoms with Gasteiger partial charge in [0.05, 0.1) is 5.69 Å². The molecule has 0 fully saturated rings. The van der Waals surface area contributed by atoms with Crippen LogP contribution in [-0.4, -0.2) is 22.2 Å². The van der Waals surface area contributed by atoms with Gasteiger partial charge >= 0.3 is 0 Å². The standard InChI is InChI=1S/C15H19FN4O/c1-9(8-17)15(21)18-12-4-5-14(13(16)7-12)20-11(3)6-10(2)19-20/h4-7,9H,8,17H2,1-3H3,(H,18,21). The van der Waals surface area contributed by atoms with Gasteiger partial charge in [-0.1, -0.05) is 6.92 Å². The number of rotatable bonds is 4. The van der Waals surface area contributed by atoms with Crippen molar-refractivity contribution in [3.8, 4) is 5.69 Å². The average Bonchev–Trinajstić information content (AvgIpc) is 2.76. The van der Waals surface area contributed by atoms with Gasteiger partial charge < -0.3 is 11.1 Å². The van der Waals surface area contributed by atoms with Crippen LogP contribution in [-0.2, 0) is 4.79 Å². The van der Waals surface area contributed by atoms with Crippen LogP contribution in [0.5, 0.6) is 0 Å². The first-order valence-electron chi connectivity index (χ1n) is 6.76. The fourth-order valence-electron chi connectivity index (χ4n) is 2.00. The van der Waals surface area contributed by atoms with Crippen molar-refractivity contribution < 1.29 is 9.18 Å². The third-order valence-electron chi connectivity index (χ3n) is 3.25. The van der Waals surface area contributed by atoms with Crippen LogP contribution >= 0.6 is 0 Å². The molecule has 0 bridgehead atoms. The molecule has 0 saturated heterocycles. The Morgan fingerprint density at radius 1 is 1.43 bits per heavy atom. The summed E-state index contributed by atoms with van der Waals surface area (Å²) in [6.45, 7) is 5.68. The topological polar surface area (TPSA) is 72.9 Å². The number of carbonyl (C=O) groups excluding carboxylic acids is 1. The van der Waals surface area contributed by atoms with Crippen molar-refractivity contribution >= 4 is 11.6 Å². The second-order valence-electron chi connectivity index (χ2n) is 5.13. The molecule has 0 spiro atoms. The smallest absolute Gasteiger partial charge is 0.228 e. The lowest BCUT2D eigenvalue weighted by atomic mass is 10.1. The Hall–Kier alpha value is -2.21. The Morgan fingerprint density at radius 3 is 2.67 bits per heavy atom. The Kier molecular flexibility index (Phi) is 4.37. The fraction of sp³-hybridized carbons (Fsp3) is 0.333. The number of carbonyl (C=O) groups is 1. The summed E-state index contributed by atoms with van der Waals surface area (Å²) in [7, 11) is 0. The van der Waals surface area contributed by atoms with Crippen molar-refractivity contribution in [3.05, 3.63) is 41.5 Å². The number of benzene rings is 1. The Bertz CT molecular complexity index is 666. The Labute approximate surface area is 123 Å². The second kappa shape index (κ2) is 6.05. The minimum absolute atomic E-state index is 0.226. The third-order valence-corrected chi connectivity index (χ3v) is 3.25. The molecule has 3 N–H and O–H groups in total. The molecule has 2 rings (SSSR count). The number of anilines is 1. The third kappa shape index (κ3) is 3.28. The zero-order chi connectivity index (χ0) is 15.6. The molecule has 1 aromatic heterocycles. The number of aryl methyl sites for hydroxylation is 2. The van der Waals surface area contributed by atoms with Crippen LogP contribution in [0.25, 0.3) is 5.69 Å². The lowest BCUT2D eigenvalue weighted by molar-refractivity contribution is -0.119. The highest BCUT2D eigenvalue weighted by atomic mass is 19.1. The van der Waals surface area contributed by atoms with E-state index in [1.165, 1.54) is 6.07 Å². The first-order valence-corrected chi connectivity index (χ1v) is 6.76. The van der Waals surface area contributed by atoms with E-state index in [4.69, 9.17) is 5.73 Å². The summed E-state index contributed by atoms with van der Waals surface area (Å²) in [6.07, 6.45) is 0. The van der Waals surface area contributed by atoms with Crippen LogP contribution in [0.2, 0.25) is 0 Å². The summed E-state index contributed by atoms with van der Waals surface area (Å²) in [5, 5.41) is 6.89. The normalized spacial score (nSPS) is 12.2. The number of hydrogen-bond donors (Lipinski definition) is 2. The van der Waals surface area contributed by atoms with Gasteiger partial charge in [-0.15, -0.1) is 0 Å². The maximum atomic E-state index is 14.2. The van der Waals surface area contributed by atoms with Gasteiger partial charge in [0.25, 0.3) is 0 Å². The van der Waals surface area contributed by atoms with Crippen molar-refractivity contribution in [2.45, 2.75) is 20.8 Å². The van der Waals surface area contributed by atoms with Crippen LogP contribution in [0.1, 0.15) is 18.3 Å². The summed E-state index contributed by atoms with van der Waals surface area (Å²) in [5.74, 6) is -0.987. The van der Waals surface area contributed by atoms with Gasteiger partial charge in [-0.3, -0.25) is 4.79 Å². The summed E-state index contributed by atoms with van der Waals surface area (Å²) in [6, 6.07) is 6.40. The molecule has 0 aliphatic rings. The zero-order valence-corrected chi connectivity index (χ0v) is 12.4. The van der Waals surface area contributed by atoms with Gasteiger partial charge in [0, 0.05) is 23.8 Å². The number of nitrogens with zero attached hydrogens (tertiary/aromatic N) is 2. The van der Waals surface area contributed by atoms with Gasteiger partial charge in [0.15, 0.2) is 5.82 Å². The molecule has 1 amide bonds. The fourth-order valence-corrected chi connectivity index (χ4v) is 2.00. The molecule has 6 heteroatoms. The van der Waals surface area contributed by atoms with E-state index in [1.54, 1.807) is 23.7 Å². The summed E-state index contributed by atoms with van der Waals surface area (Å²) >= 11 is 0. The molecular weight excluding hydrogens is 271 g/mol. The predicted octanol–water partition coefficient (Wildman–Crippen LogP) is 2.16. The molecule has 1 heterocycles. The maximum Gasteiger partial charge on any atom is 0.228 e. The van der Waals surface area contributed by atoms with E-state index in [9.17, 15) is 9.18 Å². The summed E-state index contributed by atoms with van der Waals surface area (Å²) in [4.78, 5) is 11.7. The van der Waals surface area contributed by atoms with E-state index in [1.807, 2.05) is 19.9 Å². The molecule has 0 saturated carbocycles. The highest BCUT2D eigenvalue weighted by molar-refractivity contribution is 5.92.